The number of hydrogen-bond donors (Lipinski definition) is 1. The van der Waals surface area contributed by atoms with Gasteiger partial charge in [-0.05, 0) is 24.3 Å². The summed E-state index contributed by atoms with van der Waals surface area (Å²) in [6.07, 6.45) is -5.63. The molecule has 2 aromatic rings. The molecule has 1 aliphatic heterocycles. The van der Waals surface area contributed by atoms with Crippen LogP contribution in [-0.2, 0) is 17.5 Å². The van der Waals surface area contributed by atoms with Crippen molar-refractivity contribution in [2.45, 2.75) is 18.8 Å². The van der Waals surface area contributed by atoms with Gasteiger partial charge < -0.3 is 19.6 Å². The highest BCUT2D eigenvalue weighted by Crippen LogP contribution is 2.30. The van der Waals surface area contributed by atoms with Crippen LogP contribution in [0.2, 0.25) is 0 Å². The number of carbonyl (C=O) groups is 2. The molecule has 1 fully saturated rings. The van der Waals surface area contributed by atoms with E-state index in [0.717, 1.165) is 28.7 Å². The molecule has 9 heteroatoms. The van der Waals surface area contributed by atoms with Crippen LogP contribution in [0.25, 0.3) is 0 Å². The maximum absolute atomic E-state index is 12.9. The maximum atomic E-state index is 12.9. The van der Waals surface area contributed by atoms with Crippen molar-refractivity contribution in [3.05, 3.63) is 65.2 Å². The van der Waals surface area contributed by atoms with Crippen molar-refractivity contribution in [2.24, 2.45) is 0 Å². The zero-order valence-corrected chi connectivity index (χ0v) is 16.2. The Morgan fingerprint density at radius 3 is 2.60 bits per heavy atom. The number of amides is 2. The number of aliphatic hydroxyl groups is 1. The van der Waals surface area contributed by atoms with Crippen LogP contribution in [0.5, 0.6) is 5.75 Å². The van der Waals surface area contributed by atoms with Crippen molar-refractivity contribution >= 4 is 11.8 Å². The first kappa shape index (κ1) is 21.6. The second kappa shape index (κ2) is 8.74. The van der Waals surface area contributed by atoms with Crippen LogP contribution in [0.1, 0.15) is 21.5 Å². The molecule has 6 nitrogen and oxygen atoms in total. The molecular weight excluding hydrogens is 401 g/mol. The third kappa shape index (κ3) is 4.91. The highest BCUT2D eigenvalue weighted by molar-refractivity contribution is 5.97. The lowest BCUT2D eigenvalue weighted by molar-refractivity contribution is -0.137. The zero-order chi connectivity index (χ0) is 21.9. The first-order valence-electron chi connectivity index (χ1n) is 9.23. The smallest absolute Gasteiger partial charge is 0.416 e. The second-order valence-corrected chi connectivity index (χ2v) is 7.00. The number of carbonyl (C=O) groups excluding carboxylic acids is 2. The van der Waals surface area contributed by atoms with E-state index in [2.05, 4.69) is 0 Å². The lowest BCUT2D eigenvalue weighted by Crippen LogP contribution is -2.39. The predicted molar refractivity (Wildman–Crippen MR) is 102 cm³/mol. The van der Waals surface area contributed by atoms with E-state index in [0.29, 0.717) is 5.75 Å². The van der Waals surface area contributed by atoms with Crippen molar-refractivity contribution < 1.29 is 32.6 Å². The van der Waals surface area contributed by atoms with Gasteiger partial charge in [-0.25, -0.2) is 0 Å². The van der Waals surface area contributed by atoms with Crippen LogP contribution in [0.15, 0.2) is 48.5 Å². The van der Waals surface area contributed by atoms with E-state index in [1.54, 1.807) is 24.3 Å². The number of halogens is 3. The van der Waals surface area contributed by atoms with Crippen molar-refractivity contribution in [3.8, 4) is 5.75 Å². The molecule has 1 atom stereocenters. The summed E-state index contributed by atoms with van der Waals surface area (Å²) in [4.78, 5) is 28.0. The lowest BCUT2D eigenvalue weighted by atomic mass is 10.1. The molecule has 0 aromatic heterocycles. The number of nitrogens with zero attached hydrogens (tertiary/aromatic N) is 2. The van der Waals surface area contributed by atoms with Crippen LogP contribution >= 0.6 is 0 Å². The molecule has 1 aliphatic rings. The van der Waals surface area contributed by atoms with Gasteiger partial charge in [-0.3, -0.25) is 9.59 Å². The fourth-order valence-corrected chi connectivity index (χ4v) is 3.35. The maximum Gasteiger partial charge on any atom is 0.416 e. The van der Waals surface area contributed by atoms with Crippen molar-refractivity contribution in [3.63, 3.8) is 0 Å². The van der Waals surface area contributed by atoms with E-state index in [4.69, 9.17) is 4.74 Å². The van der Waals surface area contributed by atoms with E-state index in [1.165, 1.54) is 18.1 Å². The van der Waals surface area contributed by atoms with Gasteiger partial charge in [0.15, 0.2) is 0 Å². The highest BCUT2D eigenvalue weighted by Gasteiger charge is 2.33. The van der Waals surface area contributed by atoms with Crippen LogP contribution in [0.3, 0.4) is 0 Å². The average molecular weight is 422 g/mol. The Morgan fingerprint density at radius 2 is 1.90 bits per heavy atom. The number of ether oxygens (including phenoxy) is 1. The summed E-state index contributed by atoms with van der Waals surface area (Å²) in [5.74, 6) is -0.577. The van der Waals surface area contributed by atoms with E-state index in [1.807, 2.05) is 0 Å². The van der Waals surface area contributed by atoms with E-state index < -0.39 is 29.7 Å². The van der Waals surface area contributed by atoms with Crippen LogP contribution in [0.4, 0.5) is 13.2 Å². The molecule has 0 radical (unpaired) electrons. The predicted octanol–water partition coefficient (Wildman–Crippen LogP) is 2.56. The van der Waals surface area contributed by atoms with Crippen LogP contribution < -0.4 is 4.74 Å². The summed E-state index contributed by atoms with van der Waals surface area (Å²) in [5.41, 5.74) is -0.408. The van der Waals surface area contributed by atoms with Gasteiger partial charge >= 0.3 is 6.18 Å². The Morgan fingerprint density at radius 1 is 1.17 bits per heavy atom. The molecule has 0 saturated carbocycles. The molecule has 0 spiro atoms. The molecular formula is C21H21F3N2O4. The topological polar surface area (TPSA) is 70.1 Å². The minimum Gasteiger partial charge on any atom is -0.496 e. The number of rotatable bonds is 4. The van der Waals surface area contributed by atoms with Gasteiger partial charge in [0.25, 0.3) is 5.91 Å². The number of aliphatic hydroxyl groups excluding tert-OH is 1. The summed E-state index contributed by atoms with van der Waals surface area (Å²) < 4.78 is 44.1. The van der Waals surface area contributed by atoms with Gasteiger partial charge in [-0.1, -0.05) is 24.3 Å². The quantitative estimate of drug-likeness (QED) is 0.822. The Labute approximate surface area is 171 Å². The number of benzene rings is 2. The monoisotopic (exact) mass is 422 g/mol. The Kier molecular flexibility index (Phi) is 6.31. The summed E-state index contributed by atoms with van der Waals surface area (Å²) in [6, 6.07) is 11.1. The highest BCUT2D eigenvalue weighted by atomic mass is 19.4. The standard InChI is InChI=1S/C21H21F3N2O4/c1-30-18-8-3-2-5-15(18)10-25-11-17(27)12-26(13-19(25)28)20(29)14-6-4-7-16(9-14)21(22,23)24/h2-9,17,27H,10-13H2,1H3. The number of β-amino-alcohol motifs (C(OH)–C–C–N with tert-alkyl or cyclic N) is 1. The second-order valence-electron chi connectivity index (χ2n) is 7.00. The SMILES string of the molecule is COc1ccccc1CN1CC(O)CN(C(=O)c2cccc(C(F)(F)F)c2)CC1=O. The minimum atomic E-state index is -4.59. The molecule has 0 aliphatic carbocycles. The third-order valence-electron chi connectivity index (χ3n) is 4.82. The largest absolute Gasteiger partial charge is 0.496 e. The van der Waals surface area contributed by atoms with Crippen molar-refractivity contribution in [2.75, 3.05) is 26.7 Å². The molecule has 1 N–H and O–H groups in total. The Hall–Kier alpha value is -3.07. The number of hydrogen-bond acceptors (Lipinski definition) is 4. The summed E-state index contributed by atoms with van der Waals surface area (Å²) >= 11 is 0. The fraction of sp³-hybridized carbons (Fsp3) is 0.333. The van der Waals surface area contributed by atoms with Crippen LogP contribution in [0, 0.1) is 0 Å². The van der Waals surface area contributed by atoms with Gasteiger partial charge in [0.05, 0.1) is 18.8 Å². The number of para-hydroxylation sites is 1. The Balaban J connectivity index is 1.78. The number of alkyl halides is 3. The molecule has 30 heavy (non-hydrogen) atoms. The molecule has 1 unspecified atom stereocenters. The first-order valence-corrected chi connectivity index (χ1v) is 9.23. The zero-order valence-electron chi connectivity index (χ0n) is 16.2. The third-order valence-corrected chi connectivity index (χ3v) is 4.82. The summed E-state index contributed by atoms with van der Waals surface area (Å²) in [7, 11) is 1.51. The van der Waals surface area contributed by atoms with Crippen molar-refractivity contribution in [1.82, 2.24) is 9.80 Å². The van der Waals surface area contributed by atoms with Crippen molar-refractivity contribution in [1.29, 1.82) is 0 Å². The van der Waals surface area contributed by atoms with Gasteiger partial charge in [0.2, 0.25) is 5.91 Å². The minimum absolute atomic E-state index is 0.0107. The molecule has 2 amide bonds. The molecule has 160 valence electrons. The lowest BCUT2D eigenvalue weighted by Gasteiger charge is -2.23. The van der Waals surface area contributed by atoms with E-state index >= 15 is 0 Å². The fourth-order valence-electron chi connectivity index (χ4n) is 3.35. The molecule has 0 bridgehead atoms. The summed E-state index contributed by atoms with van der Waals surface area (Å²) in [5, 5.41) is 10.3. The van der Waals surface area contributed by atoms with Gasteiger partial charge in [0.1, 0.15) is 12.3 Å². The van der Waals surface area contributed by atoms with Gasteiger partial charge in [-0.2, -0.15) is 13.2 Å². The molecule has 3 rings (SSSR count). The van der Waals surface area contributed by atoms with Gasteiger partial charge in [0, 0.05) is 30.8 Å². The van der Waals surface area contributed by atoms with Gasteiger partial charge in [-0.15, -0.1) is 0 Å². The number of methoxy groups -OCH3 is 1. The Bertz CT molecular complexity index is 932. The first-order chi connectivity index (χ1) is 14.2. The van der Waals surface area contributed by atoms with E-state index in [-0.39, 0.29) is 31.7 Å². The molecule has 1 heterocycles. The summed E-state index contributed by atoms with van der Waals surface area (Å²) in [6.45, 7) is -0.348. The van der Waals surface area contributed by atoms with Crippen LogP contribution in [-0.4, -0.2) is 59.6 Å². The average Bonchev–Trinajstić information content (AvgIpc) is 2.85. The normalized spacial score (nSPS) is 17.6. The molecule has 2 aromatic carbocycles. The van der Waals surface area contributed by atoms with E-state index in [9.17, 15) is 27.9 Å². The molecule has 1 saturated heterocycles.